The minimum atomic E-state index is -0.181. The summed E-state index contributed by atoms with van der Waals surface area (Å²) >= 11 is 0. The molecule has 1 saturated heterocycles. The fourth-order valence-electron chi connectivity index (χ4n) is 6.17. The standard InChI is InChI=1S/C31H42N4O/c1-3-4-5-9-17-32-30(36)28-22-26-25-21-23(2)12-13-27(25)33-29(26)31(34-28)15-19-35(20-16-31)18-14-24-10-7-6-8-11-24/h6-8,10-13,21,28,33-34H,3-5,9,14-20,22H2,1-2H3,(H,32,36). The van der Waals surface area contributed by atoms with Crippen LogP contribution in [0.25, 0.3) is 10.9 Å². The van der Waals surface area contributed by atoms with E-state index in [4.69, 9.17) is 0 Å². The molecule has 0 radical (unpaired) electrons. The molecule has 5 nitrogen and oxygen atoms in total. The van der Waals surface area contributed by atoms with Crippen LogP contribution in [-0.2, 0) is 23.2 Å². The number of hydrogen-bond donors (Lipinski definition) is 3. The van der Waals surface area contributed by atoms with Gasteiger partial charge in [0.1, 0.15) is 0 Å². The minimum absolute atomic E-state index is 0.157. The number of benzene rings is 2. The molecule has 1 atom stereocenters. The van der Waals surface area contributed by atoms with Gasteiger partial charge in [-0.3, -0.25) is 10.1 Å². The summed E-state index contributed by atoms with van der Waals surface area (Å²) in [7, 11) is 0. The van der Waals surface area contributed by atoms with Crippen molar-refractivity contribution in [2.45, 2.75) is 76.8 Å². The van der Waals surface area contributed by atoms with Gasteiger partial charge in [-0.25, -0.2) is 0 Å². The summed E-state index contributed by atoms with van der Waals surface area (Å²) in [6.45, 7) is 8.31. The zero-order chi connectivity index (χ0) is 25.0. The Kier molecular flexibility index (Phi) is 7.78. The normalized spacial score (nSPS) is 19.4. The lowest BCUT2D eigenvalue weighted by Crippen LogP contribution is -2.61. The van der Waals surface area contributed by atoms with Crippen LogP contribution < -0.4 is 10.6 Å². The number of aryl methyl sites for hydroxylation is 1. The van der Waals surface area contributed by atoms with Crippen molar-refractivity contribution >= 4 is 16.8 Å². The summed E-state index contributed by atoms with van der Waals surface area (Å²) in [5, 5.41) is 8.41. The highest BCUT2D eigenvalue weighted by molar-refractivity contribution is 5.89. The minimum Gasteiger partial charge on any atom is -0.357 e. The summed E-state index contributed by atoms with van der Waals surface area (Å²) < 4.78 is 0. The number of hydrogen-bond acceptors (Lipinski definition) is 3. The third-order valence-corrected chi connectivity index (χ3v) is 8.31. The monoisotopic (exact) mass is 486 g/mol. The second kappa shape index (κ2) is 11.2. The van der Waals surface area contributed by atoms with Gasteiger partial charge >= 0.3 is 0 Å². The predicted molar refractivity (Wildman–Crippen MR) is 148 cm³/mol. The maximum atomic E-state index is 13.3. The molecule has 3 aromatic rings. The van der Waals surface area contributed by atoms with Gasteiger partial charge in [0.25, 0.3) is 0 Å². The molecule has 5 rings (SSSR count). The smallest absolute Gasteiger partial charge is 0.237 e. The van der Waals surface area contributed by atoms with Gasteiger partial charge in [0.15, 0.2) is 0 Å². The number of carbonyl (C=O) groups is 1. The van der Waals surface area contributed by atoms with E-state index in [2.05, 4.69) is 82.9 Å². The molecular weight excluding hydrogens is 444 g/mol. The summed E-state index contributed by atoms with van der Waals surface area (Å²) in [6, 6.07) is 17.3. The molecule has 2 aromatic carbocycles. The van der Waals surface area contributed by atoms with E-state index in [1.807, 2.05) is 0 Å². The van der Waals surface area contributed by atoms with Gasteiger partial charge in [0.2, 0.25) is 5.91 Å². The van der Waals surface area contributed by atoms with Crippen molar-refractivity contribution in [3.05, 3.63) is 70.9 Å². The summed E-state index contributed by atoms with van der Waals surface area (Å²) in [5.41, 5.74) is 6.35. The lowest BCUT2D eigenvalue weighted by atomic mass is 9.77. The maximum Gasteiger partial charge on any atom is 0.237 e. The second-order valence-corrected chi connectivity index (χ2v) is 10.9. The zero-order valence-corrected chi connectivity index (χ0v) is 22.0. The average Bonchev–Trinajstić information content (AvgIpc) is 3.27. The number of amides is 1. The number of nitrogens with zero attached hydrogens (tertiary/aromatic N) is 1. The number of likely N-dealkylation sites (tertiary alicyclic amines) is 1. The molecule has 3 N–H and O–H groups in total. The van der Waals surface area contributed by atoms with Crippen LogP contribution in [0.15, 0.2) is 48.5 Å². The molecular formula is C31H42N4O. The summed E-state index contributed by atoms with van der Waals surface area (Å²) in [4.78, 5) is 19.7. The number of H-pyrrole nitrogens is 1. The largest absolute Gasteiger partial charge is 0.357 e. The van der Waals surface area contributed by atoms with Crippen molar-refractivity contribution in [2.75, 3.05) is 26.2 Å². The van der Waals surface area contributed by atoms with E-state index in [0.717, 1.165) is 58.3 Å². The van der Waals surface area contributed by atoms with E-state index in [0.29, 0.717) is 0 Å². The first-order valence-electron chi connectivity index (χ1n) is 14.0. The Balaban J connectivity index is 1.33. The van der Waals surface area contributed by atoms with Crippen LogP contribution in [0.5, 0.6) is 0 Å². The Morgan fingerprint density at radius 3 is 2.67 bits per heavy atom. The molecule has 36 heavy (non-hydrogen) atoms. The van der Waals surface area contributed by atoms with Crippen LogP contribution in [0.4, 0.5) is 0 Å². The maximum absolute atomic E-state index is 13.3. The zero-order valence-electron chi connectivity index (χ0n) is 22.0. The van der Waals surface area contributed by atoms with E-state index in [9.17, 15) is 4.79 Å². The highest BCUT2D eigenvalue weighted by Crippen LogP contribution is 2.41. The van der Waals surface area contributed by atoms with Crippen LogP contribution in [0.3, 0.4) is 0 Å². The Bertz CT molecular complexity index is 1160. The summed E-state index contributed by atoms with van der Waals surface area (Å²) in [5.74, 6) is 0.157. The molecule has 1 amide bonds. The fourth-order valence-corrected chi connectivity index (χ4v) is 6.17. The van der Waals surface area contributed by atoms with Crippen LogP contribution >= 0.6 is 0 Å². The molecule has 0 aliphatic carbocycles. The molecule has 1 unspecified atom stereocenters. The van der Waals surface area contributed by atoms with Crippen molar-refractivity contribution in [2.24, 2.45) is 0 Å². The third kappa shape index (κ3) is 5.37. The molecule has 3 heterocycles. The van der Waals surface area contributed by atoms with E-state index in [-0.39, 0.29) is 17.5 Å². The number of aromatic nitrogens is 1. The first-order valence-corrected chi connectivity index (χ1v) is 14.0. The quantitative estimate of drug-likeness (QED) is 0.364. The van der Waals surface area contributed by atoms with Crippen molar-refractivity contribution in [1.29, 1.82) is 0 Å². The third-order valence-electron chi connectivity index (χ3n) is 8.31. The van der Waals surface area contributed by atoms with Crippen molar-refractivity contribution in [1.82, 2.24) is 20.5 Å². The SMILES string of the molecule is CCCCCCNC(=O)C1Cc2c([nH]c3ccc(C)cc23)C2(CCN(CCc3ccccc3)CC2)N1. The Hall–Kier alpha value is -2.63. The molecule has 2 aliphatic rings. The summed E-state index contributed by atoms with van der Waals surface area (Å²) in [6.07, 6.45) is 8.56. The molecule has 1 aromatic heterocycles. The van der Waals surface area contributed by atoms with Crippen molar-refractivity contribution < 1.29 is 4.79 Å². The van der Waals surface area contributed by atoms with Gasteiger partial charge in [0.05, 0.1) is 11.6 Å². The Morgan fingerprint density at radius 2 is 1.89 bits per heavy atom. The Labute approximate surface area is 216 Å². The molecule has 0 saturated carbocycles. The van der Waals surface area contributed by atoms with Gasteiger partial charge in [-0.2, -0.15) is 0 Å². The second-order valence-electron chi connectivity index (χ2n) is 10.9. The van der Waals surface area contributed by atoms with Gasteiger partial charge < -0.3 is 15.2 Å². The molecule has 1 spiro atoms. The lowest BCUT2D eigenvalue weighted by molar-refractivity contribution is -0.124. The highest BCUT2D eigenvalue weighted by atomic mass is 16.2. The number of fused-ring (bicyclic) bond motifs is 4. The van der Waals surface area contributed by atoms with Crippen molar-refractivity contribution in [3.63, 3.8) is 0 Å². The lowest BCUT2D eigenvalue weighted by Gasteiger charge is -2.47. The van der Waals surface area contributed by atoms with Crippen molar-refractivity contribution in [3.8, 4) is 0 Å². The predicted octanol–water partition coefficient (Wildman–Crippen LogP) is 5.22. The highest BCUT2D eigenvalue weighted by Gasteiger charge is 2.45. The van der Waals surface area contributed by atoms with Gasteiger partial charge in [-0.05, 0) is 62.3 Å². The average molecular weight is 487 g/mol. The van der Waals surface area contributed by atoms with E-state index in [1.54, 1.807) is 0 Å². The topological polar surface area (TPSA) is 60.2 Å². The molecule has 2 aliphatic heterocycles. The van der Waals surface area contributed by atoms with Gasteiger partial charge in [-0.1, -0.05) is 68.1 Å². The molecule has 192 valence electrons. The Morgan fingerprint density at radius 1 is 1.08 bits per heavy atom. The van der Waals surface area contributed by atoms with Crippen LogP contribution in [0.1, 0.15) is 67.8 Å². The van der Waals surface area contributed by atoms with Gasteiger partial charge in [0, 0.05) is 42.8 Å². The van der Waals surface area contributed by atoms with Crippen LogP contribution in [0.2, 0.25) is 0 Å². The number of aromatic amines is 1. The number of nitrogens with one attached hydrogen (secondary N) is 3. The van der Waals surface area contributed by atoms with Crippen LogP contribution in [0, 0.1) is 6.92 Å². The first-order chi connectivity index (χ1) is 17.6. The number of rotatable bonds is 9. The van der Waals surface area contributed by atoms with E-state index >= 15 is 0 Å². The van der Waals surface area contributed by atoms with Gasteiger partial charge in [-0.15, -0.1) is 0 Å². The van der Waals surface area contributed by atoms with E-state index in [1.165, 1.54) is 52.5 Å². The number of piperidine rings is 1. The molecule has 0 bridgehead atoms. The fraction of sp³-hybridized carbons (Fsp3) is 0.516. The number of carbonyl (C=O) groups excluding carboxylic acids is 1. The number of unbranched alkanes of at least 4 members (excludes halogenated alkanes) is 3. The molecule has 5 heteroatoms. The van der Waals surface area contributed by atoms with E-state index < -0.39 is 0 Å². The first kappa shape index (κ1) is 25.0. The van der Waals surface area contributed by atoms with Crippen LogP contribution in [-0.4, -0.2) is 48.0 Å². The molecule has 1 fully saturated rings.